The van der Waals surface area contributed by atoms with Gasteiger partial charge in [-0.25, -0.2) is 4.68 Å². The molecule has 0 radical (unpaired) electrons. The standard InChI is InChI=1S/C28H33ClN6O2/c1-4-25(27-31-32-33-35(27)17-23-9-7-11-37-23)34(15-20-8-5-6-10-24(20)29)16-22-14-21-13-18(2)12-19(3)26(21)30-28(22)36/h5-6,8,10,12-14,23,25H,4,7,9,11,15-17H2,1-3H3,(H,30,36)/t23-,25-/m1/s1. The maximum atomic E-state index is 13.2. The minimum atomic E-state index is -0.123. The van der Waals surface area contributed by atoms with Crippen LogP contribution in [0.15, 0.2) is 47.3 Å². The van der Waals surface area contributed by atoms with E-state index >= 15 is 0 Å². The fourth-order valence-corrected chi connectivity index (χ4v) is 5.55. The largest absolute Gasteiger partial charge is 0.376 e. The van der Waals surface area contributed by atoms with Gasteiger partial charge < -0.3 is 9.72 Å². The number of halogens is 1. The van der Waals surface area contributed by atoms with E-state index in [-0.39, 0.29) is 17.7 Å². The fraction of sp³-hybridized carbons (Fsp3) is 0.429. The number of aromatic amines is 1. The van der Waals surface area contributed by atoms with E-state index in [9.17, 15) is 4.79 Å². The lowest BCUT2D eigenvalue weighted by molar-refractivity contribution is 0.0888. The molecule has 8 nitrogen and oxygen atoms in total. The van der Waals surface area contributed by atoms with Crippen molar-refractivity contribution in [3.63, 3.8) is 0 Å². The normalized spacial score (nSPS) is 16.6. The second-order valence-corrected chi connectivity index (χ2v) is 10.4. The molecule has 0 unspecified atom stereocenters. The van der Waals surface area contributed by atoms with E-state index in [2.05, 4.69) is 51.4 Å². The van der Waals surface area contributed by atoms with Crippen molar-refractivity contribution >= 4 is 22.5 Å². The van der Waals surface area contributed by atoms with Gasteiger partial charge in [0.05, 0.1) is 24.2 Å². The molecule has 2 atom stereocenters. The highest BCUT2D eigenvalue weighted by Gasteiger charge is 2.28. The summed E-state index contributed by atoms with van der Waals surface area (Å²) in [5.41, 5.74) is 4.70. The molecule has 0 bridgehead atoms. The van der Waals surface area contributed by atoms with E-state index in [1.165, 1.54) is 0 Å². The predicted octanol–water partition coefficient (Wildman–Crippen LogP) is 5.12. The van der Waals surface area contributed by atoms with Crippen LogP contribution >= 0.6 is 11.6 Å². The number of pyridine rings is 1. The molecule has 3 heterocycles. The molecule has 4 aromatic rings. The molecule has 2 aromatic carbocycles. The highest BCUT2D eigenvalue weighted by atomic mass is 35.5. The molecule has 5 rings (SSSR count). The Morgan fingerprint density at radius 2 is 2.00 bits per heavy atom. The Bertz CT molecular complexity index is 1440. The molecule has 1 aliphatic rings. The van der Waals surface area contributed by atoms with Crippen molar-refractivity contribution in [2.45, 2.75) is 71.8 Å². The van der Waals surface area contributed by atoms with Crippen molar-refractivity contribution in [3.05, 3.63) is 85.9 Å². The number of fused-ring (bicyclic) bond motifs is 1. The van der Waals surface area contributed by atoms with Crippen LogP contribution in [0.2, 0.25) is 5.02 Å². The Morgan fingerprint density at radius 3 is 2.76 bits per heavy atom. The number of hydrogen-bond acceptors (Lipinski definition) is 6. The Labute approximate surface area is 221 Å². The highest BCUT2D eigenvalue weighted by molar-refractivity contribution is 6.31. The third-order valence-electron chi connectivity index (χ3n) is 7.16. The van der Waals surface area contributed by atoms with E-state index in [1.54, 1.807) is 0 Å². The lowest BCUT2D eigenvalue weighted by Gasteiger charge is -2.31. The summed E-state index contributed by atoms with van der Waals surface area (Å²) in [6.07, 6.45) is 2.94. The molecular weight excluding hydrogens is 488 g/mol. The second-order valence-electron chi connectivity index (χ2n) is 9.94. The average molecular weight is 521 g/mol. The van der Waals surface area contributed by atoms with Gasteiger partial charge in [-0.1, -0.05) is 48.4 Å². The number of tetrazole rings is 1. The van der Waals surface area contributed by atoms with Crippen molar-refractivity contribution < 1.29 is 4.74 Å². The number of ether oxygens (including phenoxy) is 1. The minimum absolute atomic E-state index is 0.0857. The summed E-state index contributed by atoms with van der Waals surface area (Å²) in [7, 11) is 0. The number of H-pyrrole nitrogens is 1. The SMILES string of the molecule is CC[C@H](c1nnnn1C[C@H]1CCCO1)N(Cc1ccccc1Cl)Cc1cc2cc(C)cc(C)c2[nH]c1=O. The molecule has 2 aromatic heterocycles. The van der Waals surface area contributed by atoms with Gasteiger partial charge >= 0.3 is 0 Å². The number of benzene rings is 2. The van der Waals surface area contributed by atoms with Crippen molar-refractivity contribution in [2.75, 3.05) is 6.61 Å². The van der Waals surface area contributed by atoms with Gasteiger partial charge in [-0.2, -0.15) is 0 Å². The number of nitrogens with one attached hydrogen (secondary N) is 1. The topological polar surface area (TPSA) is 88.9 Å². The summed E-state index contributed by atoms with van der Waals surface area (Å²) in [6.45, 7) is 8.59. The molecule has 0 amide bonds. The summed E-state index contributed by atoms with van der Waals surface area (Å²) in [5, 5.41) is 14.5. The summed E-state index contributed by atoms with van der Waals surface area (Å²) < 4.78 is 7.71. The molecule has 37 heavy (non-hydrogen) atoms. The molecule has 0 spiro atoms. The first-order valence-corrected chi connectivity index (χ1v) is 13.3. The number of nitrogens with zero attached hydrogens (tertiary/aromatic N) is 5. The summed E-state index contributed by atoms with van der Waals surface area (Å²) in [5.74, 6) is 0.772. The van der Waals surface area contributed by atoms with Crippen LogP contribution < -0.4 is 5.56 Å². The van der Waals surface area contributed by atoms with E-state index in [4.69, 9.17) is 16.3 Å². The van der Waals surface area contributed by atoms with Crippen LogP contribution in [-0.4, -0.2) is 42.8 Å². The number of hydrogen-bond donors (Lipinski definition) is 1. The first-order valence-electron chi connectivity index (χ1n) is 12.9. The van der Waals surface area contributed by atoms with Gasteiger partial charge in [-0.15, -0.1) is 5.10 Å². The van der Waals surface area contributed by atoms with Crippen LogP contribution in [0.1, 0.15) is 60.3 Å². The van der Waals surface area contributed by atoms with Crippen LogP contribution in [0, 0.1) is 13.8 Å². The maximum Gasteiger partial charge on any atom is 0.252 e. The molecular formula is C28H33ClN6O2. The van der Waals surface area contributed by atoms with E-state index < -0.39 is 0 Å². The highest BCUT2D eigenvalue weighted by Crippen LogP contribution is 2.29. The lowest BCUT2D eigenvalue weighted by atomic mass is 10.0. The minimum Gasteiger partial charge on any atom is -0.376 e. The van der Waals surface area contributed by atoms with E-state index in [1.807, 2.05) is 41.9 Å². The molecule has 1 aliphatic heterocycles. The van der Waals surface area contributed by atoms with Crippen molar-refractivity contribution in [2.24, 2.45) is 0 Å². The second kappa shape index (κ2) is 11.1. The van der Waals surface area contributed by atoms with Crippen molar-refractivity contribution in [3.8, 4) is 0 Å². The van der Waals surface area contributed by atoms with Crippen molar-refractivity contribution in [1.29, 1.82) is 0 Å². The predicted molar refractivity (Wildman–Crippen MR) is 145 cm³/mol. The van der Waals surface area contributed by atoms with Crippen LogP contribution in [0.3, 0.4) is 0 Å². The Kier molecular flexibility index (Phi) is 7.69. The van der Waals surface area contributed by atoms with Crippen LogP contribution in [0.5, 0.6) is 0 Å². The Balaban J connectivity index is 1.53. The first kappa shape index (κ1) is 25.6. The lowest BCUT2D eigenvalue weighted by Crippen LogP contribution is -2.33. The number of aryl methyl sites for hydroxylation is 2. The zero-order valence-electron chi connectivity index (χ0n) is 21.6. The quantitative estimate of drug-likeness (QED) is 0.329. The Hall–Kier alpha value is -3.07. The van der Waals surface area contributed by atoms with Crippen LogP contribution in [0.4, 0.5) is 0 Å². The monoisotopic (exact) mass is 520 g/mol. The fourth-order valence-electron chi connectivity index (χ4n) is 5.36. The molecule has 0 saturated carbocycles. The number of rotatable bonds is 9. The van der Waals surface area contributed by atoms with Gasteiger partial charge in [-0.05, 0) is 78.2 Å². The zero-order valence-corrected chi connectivity index (χ0v) is 22.3. The molecule has 194 valence electrons. The van der Waals surface area contributed by atoms with Gasteiger partial charge in [0.2, 0.25) is 0 Å². The summed E-state index contributed by atoms with van der Waals surface area (Å²) >= 11 is 6.58. The summed E-state index contributed by atoms with van der Waals surface area (Å²) in [4.78, 5) is 18.6. The van der Waals surface area contributed by atoms with Crippen LogP contribution in [0.25, 0.3) is 10.9 Å². The molecule has 1 fully saturated rings. The van der Waals surface area contributed by atoms with Gasteiger partial charge in [0.25, 0.3) is 5.56 Å². The molecule has 0 aliphatic carbocycles. The Morgan fingerprint density at radius 1 is 1.19 bits per heavy atom. The van der Waals surface area contributed by atoms with E-state index in [0.717, 1.165) is 59.3 Å². The molecule has 1 N–H and O–H groups in total. The smallest absolute Gasteiger partial charge is 0.252 e. The van der Waals surface area contributed by atoms with E-state index in [0.29, 0.717) is 30.2 Å². The van der Waals surface area contributed by atoms with Crippen molar-refractivity contribution in [1.82, 2.24) is 30.1 Å². The van der Waals surface area contributed by atoms with Gasteiger partial charge in [0, 0.05) is 30.3 Å². The molecule has 9 heteroatoms. The van der Waals surface area contributed by atoms with Crippen LogP contribution in [-0.2, 0) is 24.4 Å². The zero-order chi connectivity index (χ0) is 25.9. The van der Waals surface area contributed by atoms with Gasteiger partial charge in [-0.3, -0.25) is 9.69 Å². The maximum absolute atomic E-state index is 13.2. The van der Waals surface area contributed by atoms with Gasteiger partial charge in [0.15, 0.2) is 5.82 Å². The third kappa shape index (κ3) is 5.61. The summed E-state index contributed by atoms with van der Waals surface area (Å²) in [6, 6.07) is 13.9. The molecule has 1 saturated heterocycles. The average Bonchev–Trinajstić information content (AvgIpc) is 3.55. The number of aromatic nitrogens is 5. The third-order valence-corrected chi connectivity index (χ3v) is 7.53. The first-order chi connectivity index (χ1) is 17.9. The van der Waals surface area contributed by atoms with Gasteiger partial charge in [0.1, 0.15) is 0 Å².